The SMILES string of the molecule is CNCC(=O)NCCCc1ccc(Cl)cc1. The van der Waals surface area contributed by atoms with E-state index in [0.717, 1.165) is 17.9 Å². The van der Waals surface area contributed by atoms with Crippen LogP contribution in [0.15, 0.2) is 24.3 Å². The van der Waals surface area contributed by atoms with E-state index in [1.807, 2.05) is 24.3 Å². The molecule has 16 heavy (non-hydrogen) atoms. The average molecular weight is 241 g/mol. The van der Waals surface area contributed by atoms with Gasteiger partial charge in [0.2, 0.25) is 5.91 Å². The van der Waals surface area contributed by atoms with Crippen LogP contribution in [0.3, 0.4) is 0 Å². The minimum atomic E-state index is 0.0404. The van der Waals surface area contributed by atoms with E-state index in [1.165, 1.54) is 5.56 Å². The Morgan fingerprint density at radius 1 is 1.31 bits per heavy atom. The third-order valence-electron chi connectivity index (χ3n) is 2.21. The maximum Gasteiger partial charge on any atom is 0.233 e. The molecule has 0 saturated carbocycles. The summed E-state index contributed by atoms with van der Waals surface area (Å²) >= 11 is 5.79. The number of halogens is 1. The van der Waals surface area contributed by atoms with Gasteiger partial charge in [0.15, 0.2) is 0 Å². The van der Waals surface area contributed by atoms with E-state index in [-0.39, 0.29) is 5.91 Å². The Labute approximate surface area is 101 Å². The minimum absolute atomic E-state index is 0.0404. The zero-order chi connectivity index (χ0) is 11.8. The highest BCUT2D eigenvalue weighted by Crippen LogP contribution is 2.10. The van der Waals surface area contributed by atoms with E-state index in [9.17, 15) is 4.79 Å². The van der Waals surface area contributed by atoms with Gasteiger partial charge in [0.1, 0.15) is 0 Å². The highest BCUT2D eigenvalue weighted by atomic mass is 35.5. The number of amides is 1. The molecule has 0 unspecified atom stereocenters. The quantitative estimate of drug-likeness (QED) is 0.742. The van der Waals surface area contributed by atoms with Gasteiger partial charge in [0.05, 0.1) is 6.54 Å². The van der Waals surface area contributed by atoms with Crippen molar-refractivity contribution in [2.75, 3.05) is 20.1 Å². The first-order chi connectivity index (χ1) is 7.72. The van der Waals surface area contributed by atoms with E-state index in [1.54, 1.807) is 7.05 Å². The van der Waals surface area contributed by atoms with E-state index < -0.39 is 0 Å². The number of hydrogen-bond acceptors (Lipinski definition) is 2. The first kappa shape index (κ1) is 13.0. The summed E-state index contributed by atoms with van der Waals surface area (Å²) in [5, 5.41) is 6.40. The second kappa shape index (κ2) is 7.25. The van der Waals surface area contributed by atoms with Crippen LogP contribution in [0.1, 0.15) is 12.0 Å². The van der Waals surface area contributed by atoms with Crippen LogP contribution >= 0.6 is 11.6 Å². The lowest BCUT2D eigenvalue weighted by Crippen LogP contribution is -2.32. The molecule has 1 aromatic rings. The topological polar surface area (TPSA) is 41.1 Å². The van der Waals surface area contributed by atoms with Crippen molar-refractivity contribution >= 4 is 17.5 Å². The van der Waals surface area contributed by atoms with E-state index in [4.69, 9.17) is 11.6 Å². The molecule has 0 aromatic heterocycles. The summed E-state index contributed by atoms with van der Waals surface area (Å²) in [6.07, 6.45) is 1.90. The highest BCUT2D eigenvalue weighted by Gasteiger charge is 1.98. The van der Waals surface area contributed by atoms with Crippen molar-refractivity contribution in [2.24, 2.45) is 0 Å². The predicted molar refractivity (Wildman–Crippen MR) is 66.7 cm³/mol. The third kappa shape index (κ3) is 5.14. The molecule has 0 aliphatic rings. The molecule has 0 spiro atoms. The van der Waals surface area contributed by atoms with Gasteiger partial charge in [0, 0.05) is 11.6 Å². The van der Waals surface area contributed by atoms with Crippen LogP contribution in [-0.2, 0) is 11.2 Å². The molecule has 88 valence electrons. The summed E-state index contributed by atoms with van der Waals surface area (Å²) in [6, 6.07) is 7.79. The number of carbonyl (C=O) groups is 1. The predicted octanol–water partition coefficient (Wildman–Crippen LogP) is 1.61. The van der Waals surface area contributed by atoms with Crippen LogP contribution in [0.2, 0.25) is 5.02 Å². The van der Waals surface area contributed by atoms with Gasteiger partial charge in [-0.05, 0) is 37.6 Å². The minimum Gasteiger partial charge on any atom is -0.355 e. The van der Waals surface area contributed by atoms with Crippen LogP contribution in [0.25, 0.3) is 0 Å². The van der Waals surface area contributed by atoms with E-state index in [2.05, 4.69) is 10.6 Å². The molecule has 0 aliphatic heterocycles. The van der Waals surface area contributed by atoms with Crippen LogP contribution < -0.4 is 10.6 Å². The number of carbonyl (C=O) groups excluding carboxylic acids is 1. The van der Waals surface area contributed by atoms with Gasteiger partial charge in [-0.3, -0.25) is 4.79 Å². The number of nitrogens with one attached hydrogen (secondary N) is 2. The first-order valence-electron chi connectivity index (χ1n) is 5.38. The molecule has 0 bridgehead atoms. The lowest BCUT2D eigenvalue weighted by Gasteiger charge is -2.04. The molecule has 2 N–H and O–H groups in total. The number of hydrogen-bond donors (Lipinski definition) is 2. The van der Waals surface area contributed by atoms with Crippen LogP contribution in [0.4, 0.5) is 0 Å². The van der Waals surface area contributed by atoms with Gasteiger partial charge in [-0.1, -0.05) is 23.7 Å². The van der Waals surface area contributed by atoms with Crippen molar-refractivity contribution in [1.82, 2.24) is 10.6 Å². The average Bonchev–Trinajstić information content (AvgIpc) is 2.27. The number of likely N-dealkylation sites (N-methyl/N-ethyl adjacent to an activating group) is 1. The standard InChI is InChI=1S/C12H17ClN2O/c1-14-9-12(16)15-8-2-3-10-4-6-11(13)7-5-10/h4-7,14H,2-3,8-9H2,1H3,(H,15,16). The monoisotopic (exact) mass is 240 g/mol. The second-order valence-electron chi connectivity index (χ2n) is 3.61. The van der Waals surface area contributed by atoms with Crippen molar-refractivity contribution in [3.8, 4) is 0 Å². The Kier molecular flexibility index (Phi) is 5.90. The van der Waals surface area contributed by atoms with Gasteiger partial charge in [0.25, 0.3) is 0 Å². The van der Waals surface area contributed by atoms with Crippen LogP contribution in [0, 0.1) is 0 Å². The Morgan fingerprint density at radius 3 is 2.62 bits per heavy atom. The molecule has 0 aliphatic carbocycles. The molecule has 0 atom stereocenters. The molecule has 3 nitrogen and oxygen atoms in total. The molecular formula is C12H17ClN2O. The Morgan fingerprint density at radius 2 is 2.00 bits per heavy atom. The lowest BCUT2D eigenvalue weighted by atomic mass is 10.1. The number of rotatable bonds is 6. The second-order valence-corrected chi connectivity index (χ2v) is 4.05. The van der Waals surface area contributed by atoms with Crippen molar-refractivity contribution in [2.45, 2.75) is 12.8 Å². The molecular weight excluding hydrogens is 224 g/mol. The normalized spacial score (nSPS) is 10.1. The molecule has 0 saturated heterocycles. The third-order valence-corrected chi connectivity index (χ3v) is 2.47. The first-order valence-corrected chi connectivity index (χ1v) is 5.76. The van der Waals surface area contributed by atoms with Crippen LogP contribution in [-0.4, -0.2) is 26.0 Å². The summed E-state index contributed by atoms with van der Waals surface area (Å²) in [4.78, 5) is 11.1. The van der Waals surface area contributed by atoms with Crippen molar-refractivity contribution in [1.29, 1.82) is 0 Å². The summed E-state index contributed by atoms with van der Waals surface area (Å²) in [5.41, 5.74) is 1.24. The van der Waals surface area contributed by atoms with Crippen LogP contribution in [0.5, 0.6) is 0 Å². The van der Waals surface area contributed by atoms with Gasteiger partial charge in [-0.25, -0.2) is 0 Å². The molecule has 0 heterocycles. The van der Waals surface area contributed by atoms with Crippen molar-refractivity contribution in [3.63, 3.8) is 0 Å². The molecule has 1 amide bonds. The largest absolute Gasteiger partial charge is 0.355 e. The van der Waals surface area contributed by atoms with Gasteiger partial charge < -0.3 is 10.6 Å². The lowest BCUT2D eigenvalue weighted by molar-refractivity contribution is -0.120. The van der Waals surface area contributed by atoms with E-state index >= 15 is 0 Å². The van der Waals surface area contributed by atoms with E-state index in [0.29, 0.717) is 13.1 Å². The van der Waals surface area contributed by atoms with Crippen molar-refractivity contribution < 1.29 is 4.79 Å². The fourth-order valence-electron chi connectivity index (χ4n) is 1.39. The van der Waals surface area contributed by atoms with Gasteiger partial charge in [-0.2, -0.15) is 0 Å². The molecule has 1 aromatic carbocycles. The van der Waals surface area contributed by atoms with Crippen molar-refractivity contribution in [3.05, 3.63) is 34.9 Å². The smallest absolute Gasteiger partial charge is 0.233 e. The summed E-state index contributed by atoms with van der Waals surface area (Å²) < 4.78 is 0. The molecule has 0 fully saturated rings. The maximum atomic E-state index is 11.1. The fraction of sp³-hybridized carbons (Fsp3) is 0.417. The Balaban J connectivity index is 2.16. The summed E-state index contributed by atoms with van der Waals surface area (Å²) in [7, 11) is 1.76. The molecule has 0 radical (unpaired) electrons. The Hall–Kier alpha value is -1.06. The number of aryl methyl sites for hydroxylation is 1. The number of benzene rings is 1. The zero-order valence-corrected chi connectivity index (χ0v) is 10.2. The summed E-state index contributed by atoms with van der Waals surface area (Å²) in [5.74, 6) is 0.0404. The zero-order valence-electron chi connectivity index (χ0n) is 9.42. The molecule has 4 heteroatoms. The highest BCUT2D eigenvalue weighted by molar-refractivity contribution is 6.30. The van der Waals surface area contributed by atoms with Gasteiger partial charge in [-0.15, -0.1) is 0 Å². The maximum absolute atomic E-state index is 11.1. The summed E-state index contributed by atoms with van der Waals surface area (Å²) in [6.45, 7) is 1.09. The Bertz CT molecular complexity index is 324. The molecule has 1 rings (SSSR count). The fourth-order valence-corrected chi connectivity index (χ4v) is 1.52. The van der Waals surface area contributed by atoms with Gasteiger partial charge >= 0.3 is 0 Å².